The first-order valence-corrected chi connectivity index (χ1v) is 11.3. The summed E-state index contributed by atoms with van der Waals surface area (Å²) in [6.45, 7) is 2.06. The van der Waals surface area contributed by atoms with E-state index in [1.165, 1.54) is 0 Å². The molecule has 2 aromatic heterocycles. The lowest BCUT2D eigenvalue weighted by Crippen LogP contribution is -2.29. The van der Waals surface area contributed by atoms with Gasteiger partial charge in [0.2, 0.25) is 0 Å². The lowest BCUT2D eigenvalue weighted by Gasteiger charge is -2.25. The Hall–Kier alpha value is -3.95. The van der Waals surface area contributed by atoms with Gasteiger partial charge in [0.1, 0.15) is 0 Å². The molecule has 0 bridgehead atoms. The minimum Gasteiger partial charge on any atom is -0.393 e. The average molecular weight is 435 g/mol. The third-order valence-electron chi connectivity index (χ3n) is 6.41. The van der Waals surface area contributed by atoms with Crippen molar-refractivity contribution in [1.82, 2.24) is 20.2 Å². The second-order valence-electron chi connectivity index (χ2n) is 8.41. The van der Waals surface area contributed by atoms with E-state index in [1.54, 1.807) is 0 Å². The molecule has 0 saturated carbocycles. The van der Waals surface area contributed by atoms with Gasteiger partial charge in [-0.3, -0.25) is 4.98 Å². The molecule has 1 aromatic carbocycles. The number of hydrogen-bond donors (Lipinski definition) is 3. The highest BCUT2D eigenvalue weighted by Gasteiger charge is 2.21. The molecular formula is C27H26N6. The summed E-state index contributed by atoms with van der Waals surface area (Å²) >= 11 is 0. The van der Waals surface area contributed by atoms with Gasteiger partial charge in [-0.2, -0.15) is 5.26 Å². The van der Waals surface area contributed by atoms with Gasteiger partial charge in [0.05, 0.1) is 34.8 Å². The predicted molar refractivity (Wildman–Crippen MR) is 133 cm³/mol. The quantitative estimate of drug-likeness (QED) is 0.561. The normalized spacial score (nSPS) is 17.9. The predicted octanol–water partition coefficient (Wildman–Crippen LogP) is 4.58. The molecule has 1 fully saturated rings. The van der Waals surface area contributed by atoms with Gasteiger partial charge in [-0.15, -0.1) is 0 Å². The summed E-state index contributed by atoms with van der Waals surface area (Å²) in [7, 11) is 1.84. The molecule has 0 unspecified atom stereocenters. The Bertz CT molecular complexity index is 1340. The van der Waals surface area contributed by atoms with Crippen molar-refractivity contribution in [3.63, 3.8) is 0 Å². The fraction of sp³-hybridized carbons (Fsp3) is 0.222. The van der Waals surface area contributed by atoms with E-state index in [-0.39, 0.29) is 0 Å². The van der Waals surface area contributed by atoms with Crippen molar-refractivity contribution in [3.8, 4) is 17.2 Å². The first-order chi connectivity index (χ1) is 16.2. The topological polar surface area (TPSA) is 89.5 Å². The van der Waals surface area contributed by atoms with Gasteiger partial charge in [0.15, 0.2) is 0 Å². The molecule has 6 heteroatoms. The lowest BCUT2D eigenvalue weighted by molar-refractivity contribution is 0.376. The highest BCUT2D eigenvalue weighted by Crippen LogP contribution is 2.38. The molecule has 1 aliphatic heterocycles. The molecular weight excluding hydrogens is 408 g/mol. The zero-order valence-corrected chi connectivity index (χ0v) is 18.6. The number of nitrogens with one attached hydrogen (secondary N) is 3. The van der Waals surface area contributed by atoms with Crippen LogP contribution in [-0.2, 0) is 0 Å². The molecule has 2 aliphatic rings. The van der Waals surface area contributed by atoms with Crippen LogP contribution in [-0.4, -0.2) is 35.4 Å². The van der Waals surface area contributed by atoms with Crippen LogP contribution in [0.1, 0.15) is 30.1 Å². The van der Waals surface area contributed by atoms with E-state index in [4.69, 9.17) is 10.4 Å². The van der Waals surface area contributed by atoms with Crippen molar-refractivity contribution in [2.24, 2.45) is 0 Å². The summed E-state index contributed by atoms with van der Waals surface area (Å²) in [5, 5.41) is 25.1. The Balaban J connectivity index is 1.71. The molecule has 6 nitrogen and oxygen atoms in total. The number of benzene rings is 1. The summed E-state index contributed by atoms with van der Waals surface area (Å²) < 4.78 is 2.37. The van der Waals surface area contributed by atoms with Crippen LogP contribution in [0.5, 0.6) is 0 Å². The van der Waals surface area contributed by atoms with Crippen molar-refractivity contribution < 1.29 is 0 Å². The smallest absolute Gasteiger partial charge is 0.0991 e. The van der Waals surface area contributed by atoms with Crippen LogP contribution >= 0.6 is 0 Å². The van der Waals surface area contributed by atoms with E-state index < -0.39 is 0 Å². The minimum absolute atomic E-state index is 0.463. The lowest BCUT2D eigenvalue weighted by atomic mass is 9.91. The molecule has 1 saturated heterocycles. The van der Waals surface area contributed by atoms with Crippen LogP contribution in [0.3, 0.4) is 0 Å². The minimum atomic E-state index is 0.463. The van der Waals surface area contributed by atoms with Crippen LogP contribution in [0, 0.1) is 16.7 Å². The highest BCUT2D eigenvalue weighted by molar-refractivity contribution is 6.14. The van der Waals surface area contributed by atoms with E-state index in [0.717, 1.165) is 64.8 Å². The van der Waals surface area contributed by atoms with E-state index in [0.29, 0.717) is 17.3 Å². The van der Waals surface area contributed by atoms with Crippen molar-refractivity contribution in [2.75, 3.05) is 20.1 Å². The molecule has 0 spiro atoms. The van der Waals surface area contributed by atoms with Crippen LogP contribution in [0.2, 0.25) is 0 Å². The second-order valence-corrected chi connectivity index (χ2v) is 8.41. The Morgan fingerprint density at radius 1 is 1.18 bits per heavy atom. The first kappa shape index (κ1) is 20.9. The summed E-state index contributed by atoms with van der Waals surface area (Å²) in [6.07, 6.45) is 14.0. The summed E-state index contributed by atoms with van der Waals surface area (Å²) in [5.41, 5.74) is 6.96. The number of allylic oxidation sites excluding steroid dienone is 5. The number of piperidine rings is 1. The van der Waals surface area contributed by atoms with E-state index in [9.17, 15) is 5.26 Å². The SMILES string of the molecule is CN/C=C1/C=C(c2ncc3c(ccn3C3CCNCC3)c2-c2ccc(C#N)cc2)C=CC1=N. The van der Waals surface area contributed by atoms with Crippen molar-refractivity contribution in [3.05, 3.63) is 84.0 Å². The first-order valence-electron chi connectivity index (χ1n) is 11.3. The maximum atomic E-state index is 9.26. The van der Waals surface area contributed by atoms with E-state index >= 15 is 0 Å². The zero-order chi connectivity index (χ0) is 22.8. The number of nitriles is 1. The molecule has 5 rings (SSSR count). The number of rotatable bonds is 4. The summed E-state index contributed by atoms with van der Waals surface area (Å²) in [5.74, 6) is 0. The average Bonchev–Trinajstić information content (AvgIpc) is 3.30. The van der Waals surface area contributed by atoms with Crippen molar-refractivity contribution in [1.29, 1.82) is 10.7 Å². The largest absolute Gasteiger partial charge is 0.393 e. The van der Waals surface area contributed by atoms with Crippen LogP contribution in [0.4, 0.5) is 0 Å². The van der Waals surface area contributed by atoms with Crippen molar-refractivity contribution >= 4 is 22.2 Å². The molecule has 3 aromatic rings. The van der Waals surface area contributed by atoms with Crippen LogP contribution in [0.25, 0.3) is 27.6 Å². The standard InChI is InChI=1S/C27H26N6/c1-30-16-21-14-20(6-7-24(21)29)27-26(19-4-2-18(15-28)3-5-19)23-10-13-33(25(23)17-32-27)22-8-11-31-12-9-22/h2-7,10,13-14,16-17,22,29-31H,8-9,11-12H2,1H3/b21-16-,29-24?. The molecule has 0 amide bonds. The number of hydrogen-bond acceptors (Lipinski definition) is 5. The van der Waals surface area contributed by atoms with Gasteiger partial charge in [-0.25, -0.2) is 0 Å². The van der Waals surface area contributed by atoms with Gasteiger partial charge in [0.25, 0.3) is 0 Å². The van der Waals surface area contributed by atoms with E-state index in [1.807, 2.05) is 61.9 Å². The monoisotopic (exact) mass is 434 g/mol. The Labute approximate surface area is 193 Å². The molecule has 164 valence electrons. The van der Waals surface area contributed by atoms with Gasteiger partial charge >= 0.3 is 0 Å². The van der Waals surface area contributed by atoms with E-state index in [2.05, 4.69) is 33.5 Å². The van der Waals surface area contributed by atoms with Gasteiger partial charge < -0.3 is 20.6 Å². The summed E-state index contributed by atoms with van der Waals surface area (Å²) in [4.78, 5) is 4.96. The Morgan fingerprint density at radius 3 is 2.70 bits per heavy atom. The maximum absolute atomic E-state index is 9.26. The molecule has 3 N–H and O–H groups in total. The number of aromatic nitrogens is 2. The zero-order valence-electron chi connectivity index (χ0n) is 18.6. The third-order valence-corrected chi connectivity index (χ3v) is 6.41. The van der Waals surface area contributed by atoms with Crippen molar-refractivity contribution in [2.45, 2.75) is 18.9 Å². The van der Waals surface area contributed by atoms with Crippen LogP contribution in [0.15, 0.2) is 72.7 Å². The molecule has 0 atom stereocenters. The number of pyridine rings is 1. The maximum Gasteiger partial charge on any atom is 0.0991 e. The van der Waals surface area contributed by atoms with Gasteiger partial charge in [-0.1, -0.05) is 18.2 Å². The van der Waals surface area contributed by atoms with Gasteiger partial charge in [-0.05, 0) is 61.8 Å². The molecule has 1 aliphatic carbocycles. The summed E-state index contributed by atoms with van der Waals surface area (Å²) in [6, 6.07) is 12.6. The highest BCUT2D eigenvalue weighted by atomic mass is 15.0. The third kappa shape index (κ3) is 3.88. The fourth-order valence-electron chi connectivity index (χ4n) is 4.74. The number of nitrogens with zero attached hydrogens (tertiary/aromatic N) is 3. The fourth-order valence-corrected chi connectivity index (χ4v) is 4.74. The molecule has 33 heavy (non-hydrogen) atoms. The molecule has 0 radical (unpaired) electrons. The van der Waals surface area contributed by atoms with Crippen LogP contribution < -0.4 is 10.6 Å². The molecule has 3 heterocycles. The second kappa shape index (κ2) is 8.89. The Morgan fingerprint density at radius 2 is 1.97 bits per heavy atom. The number of fused-ring (bicyclic) bond motifs is 1. The Kier molecular flexibility index (Phi) is 5.64. The van der Waals surface area contributed by atoms with Gasteiger partial charge in [0, 0.05) is 47.6 Å².